The molecule has 1 unspecified atom stereocenters. The van der Waals surface area contributed by atoms with Crippen LogP contribution in [0.25, 0.3) is 10.9 Å². The second kappa shape index (κ2) is 8.31. The van der Waals surface area contributed by atoms with Crippen LogP contribution in [-0.2, 0) is 18.3 Å². The normalized spacial score (nSPS) is 12.8. The second-order valence-electron chi connectivity index (χ2n) is 6.91. The lowest BCUT2D eigenvalue weighted by atomic mass is 9.80. The van der Waals surface area contributed by atoms with E-state index in [-0.39, 0.29) is 0 Å². The Hall–Kier alpha value is -3.40. The van der Waals surface area contributed by atoms with Crippen LogP contribution in [0, 0.1) is 11.3 Å². The van der Waals surface area contributed by atoms with Crippen molar-refractivity contribution in [2.24, 2.45) is 0 Å². The standard InChI is InChI=1S/C22H24N4O3/c1-6-14-9-15-7-8-16(10-17(15)24-21(14)29-5)22(2,13-23)12-18-25-19(27-3)11-20(26-18)28-4/h7-11H,6,12H2,1-5H3. The van der Waals surface area contributed by atoms with Crippen LogP contribution in [0.2, 0.25) is 0 Å². The first-order chi connectivity index (χ1) is 14.0. The molecule has 3 rings (SSSR count). The fraction of sp³-hybridized carbons (Fsp3) is 0.364. The molecule has 0 fully saturated rings. The summed E-state index contributed by atoms with van der Waals surface area (Å²) in [5, 5.41) is 11.0. The van der Waals surface area contributed by atoms with Crippen molar-refractivity contribution >= 4 is 10.9 Å². The van der Waals surface area contributed by atoms with Crippen LogP contribution in [0.3, 0.4) is 0 Å². The molecule has 2 aromatic heterocycles. The molecule has 7 heteroatoms. The first-order valence-corrected chi connectivity index (χ1v) is 9.31. The minimum Gasteiger partial charge on any atom is -0.481 e. The number of pyridine rings is 1. The zero-order valence-electron chi connectivity index (χ0n) is 17.3. The molecule has 0 saturated heterocycles. The molecule has 29 heavy (non-hydrogen) atoms. The van der Waals surface area contributed by atoms with Crippen LogP contribution in [0.5, 0.6) is 17.6 Å². The summed E-state index contributed by atoms with van der Waals surface area (Å²) in [7, 11) is 4.67. The van der Waals surface area contributed by atoms with Gasteiger partial charge in [0.1, 0.15) is 5.82 Å². The molecule has 0 spiro atoms. The lowest BCUT2D eigenvalue weighted by Crippen LogP contribution is -2.24. The van der Waals surface area contributed by atoms with Crippen LogP contribution in [0.15, 0.2) is 30.3 Å². The highest BCUT2D eigenvalue weighted by atomic mass is 16.5. The molecule has 7 nitrogen and oxygen atoms in total. The third-order valence-electron chi connectivity index (χ3n) is 4.97. The first-order valence-electron chi connectivity index (χ1n) is 9.31. The first kappa shape index (κ1) is 20.3. The van der Waals surface area contributed by atoms with Crippen LogP contribution in [0.4, 0.5) is 0 Å². The second-order valence-corrected chi connectivity index (χ2v) is 6.91. The Bertz CT molecular complexity index is 1060. The number of nitriles is 1. The number of aromatic nitrogens is 3. The van der Waals surface area contributed by atoms with E-state index in [1.807, 2.05) is 25.1 Å². The number of methoxy groups -OCH3 is 3. The van der Waals surface area contributed by atoms with Gasteiger partial charge in [-0.05, 0) is 31.0 Å². The lowest BCUT2D eigenvalue weighted by Gasteiger charge is -2.22. The number of benzene rings is 1. The molecule has 0 radical (unpaired) electrons. The third-order valence-corrected chi connectivity index (χ3v) is 4.97. The Morgan fingerprint density at radius 2 is 1.66 bits per heavy atom. The predicted molar refractivity (Wildman–Crippen MR) is 109 cm³/mol. The number of ether oxygens (including phenoxy) is 3. The monoisotopic (exact) mass is 392 g/mol. The highest BCUT2D eigenvalue weighted by molar-refractivity contribution is 5.81. The van der Waals surface area contributed by atoms with E-state index in [0.29, 0.717) is 29.9 Å². The smallest absolute Gasteiger partial charge is 0.220 e. The van der Waals surface area contributed by atoms with E-state index >= 15 is 0 Å². The van der Waals surface area contributed by atoms with Crippen molar-refractivity contribution in [2.45, 2.75) is 32.1 Å². The summed E-state index contributed by atoms with van der Waals surface area (Å²) in [6.45, 7) is 3.93. The summed E-state index contributed by atoms with van der Waals surface area (Å²) in [4.78, 5) is 13.4. The van der Waals surface area contributed by atoms with Gasteiger partial charge < -0.3 is 14.2 Å². The molecular weight excluding hydrogens is 368 g/mol. The highest BCUT2D eigenvalue weighted by Crippen LogP contribution is 2.31. The van der Waals surface area contributed by atoms with Crippen LogP contribution < -0.4 is 14.2 Å². The largest absolute Gasteiger partial charge is 0.481 e. The molecule has 150 valence electrons. The van der Waals surface area contributed by atoms with E-state index in [2.05, 4.69) is 34.0 Å². The van der Waals surface area contributed by atoms with Crippen molar-refractivity contribution in [3.05, 3.63) is 47.3 Å². The van der Waals surface area contributed by atoms with Crippen molar-refractivity contribution in [3.63, 3.8) is 0 Å². The molecule has 0 aliphatic rings. The van der Waals surface area contributed by atoms with Gasteiger partial charge in [-0.3, -0.25) is 0 Å². The topological polar surface area (TPSA) is 90.2 Å². The summed E-state index contributed by atoms with van der Waals surface area (Å²) >= 11 is 0. The maximum absolute atomic E-state index is 9.99. The van der Waals surface area contributed by atoms with Gasteiger partial charge in [-0.25, -0.2) is 4.98 Å². The van der Waals surface area contributed by atoms with Crippen molar-refractivity contribution in [2.75, 3.05) is 21.3 Å². The van der Waals surface area contributed by atoms with Gasteiger partial charge in [-0.2, -0.15) is 15.2 Å². The minimum atomic E-state index is -0.857. The van der Waals surface area contributed by atoms with Gasteiger partial charge in [0.15, 0.2) is 0 Å². The van der Waals surface area contributed by atoms with Gasteiger partial charge >= 0.3 is 0 Å². The summed E-state index contributed by atoms with van der Waals surface area (Å²) < 4.78 is 15.9. The van der Waals surface area contributed by atoms with Crippen molar-refractivity contribution < 1.29 is 14.2 Å². The van der Waals surface area contributed by atoms with Crippen molar-refractivity contribution in [1.82, 2.24) is 15.0 Å². The average molecular weight is 392 g/mol. The summed E-state index contributed by atoms with van der Waals surface area (Å²) in [6, 6.07) is 12.0. The van der Waals surface area contributed by atoms with Crippen LogP contribution in [-0.4, -0.2) is 36.3 Å². The fourth-order valence-electron chi connectivity index (χ4n) is 3.23. The fourth-order valence-corrected chi connectivity index (χ4v) is 3.23. The number of aryl methyl sites for hydroxylation is 1. The SMILES string of the molecule is CCc1cc2ccc(C(C)(C#N)Cc3nc(OC)cc(OC)n3)cc2nc1OC. The summed E-state index contributed by atoms with van der Waals surface area (Å²) in [6.07, 6.45) is 1.13. The summed E-state index contributed by atoms with van der Waals surface area (Å²) in [5.74, 6) is 1.86. The molecule has 2 heterocycles. The van der Waals surface area contributed by atoms with E-state index in [9.17, 15) is 5.26 Å². The Kier molecular flexibility index (Phi) is 5.83. The van der Waals surface area contributed by atoms with E-state index in [1.54, 1.807) is 13.2 Å². The van der Waals surface area contributed by atoms with E-state index in [0.717, 1.165) is 28.5 Å². The average Bonchev–Trinajstić information content (AvgIpc) is 2.77. The van der Waals surface area contributed by atoms with Gasteiger partial charge in [0.25, 0.3) is 0 Å². The highest BCUT2D eigenvalue weighted by Gasteiger charge is 2.29. The van der Waals surface area contributed by atoms with Crippen molar-refractivity contribution in [1.29, 1.82) is 5.26 Å². The number of fused-ring (bicyclic) bond motifs is 1. The molecule has 0 aliphatic carbocycles. The molecule has 0 aliphatic heterocycles. The van der Waals surface area contributed by atoms with Crippen LogP contribution >= 0.6 is 0 Å². The quantitative estimate of drug-likeness (QED) is 0.606. The number of nitrogens with zero attached hydrogens (tertiary/aromatic N) is 4. The zero-order chi connectivity index (χ0) is 21.0. The minimum absolute atomic E-state index is 0.298. The maximum Gasteiger partial charge on any atom is 0.220 e. The molecule has 0 amide bonds. The number of rotatable bonds is 7. The molecule has 1 atom stereocenters. The number of hydrogen-bond acceptors (Lipinski definition) is 7. The zero-order valence-corrected chi connectivity index (χ0v) is 17.3. The molecule has 0 saturated carbocycles. The molecule has 3 aromatic rings. The Morgan fingerprint density at radius 1 is 0.966 bits per heavy atom. The van der Waals surface area contributed by atoms with Crippen molar-refractivity contribution in [3.8, 4) is 23.7 Å². The Morgan fingerprint density at radius 3 is 2.21 bits per heavy atom. The molecular formula is C22H24N4O3. The number of hydrogen-bond donors (Lipinski definition) is 0. The lowest BCUT2D eigenvalue weighted by molar-refractivity contribution is 0.366. The maximum atomic E-state index is 9.99. The van der Waals surface area contributed by atoms with Gasteiger partial charge in [-0.1, -0.05) is 19.1 Å². The third kappa shape index (κ3) is 4.06. The van der Waals surface area contributed by atoms with E-state index in [1.165, 1.54) is 14.2 Å². The van der Waals surface area contributed by atoms with Gasteiger partial charge in [0.2, 0.25) is 17.6 Å². The van der Waals surface area contributed by atoms with E-state index in [4.69, 9.17) is 14.2 Å². The molecule has 1 aromatic carbocycles. The van der Waals surface area contributed by atoms with E-state index < -0.39 is 5.41 Å². The molecule has 0 N–H and O–H groups in total. The van der Waals surface area contributed by atoms with Gasteiger partial charge in [-0.15, -0.1) is 0 Å². The Balaban J connectivity index is 2.04. The van der Waals surface area contributed by atoms with Crippen LogP contribution in [0.1, 0.15) is 30.8 Å². The predicted octanol–water partition coefficient (Wildman–Crippen LogP) is 3.64. The van der Waals surface area contributed by atoms with Gasteiger partial charge in [0, 0.05) is 17.4 Å². The van der Waals surface area contributed by atoms with Gasteiger partial charge in [0.05, 0.1) is 44.4 Å². The molecule has 0 bridgehead atoms. The Labute approximate surface area is 170 Å². The summed E-state index contributed by atoms with van der Waals surface area (Å²) in [5.41, 5.74) is 1.80.